The minimum absolute atomic E-state index is 0.172. The molecule has 0 aromatic heterocycles. The third-order valence-corrected chi connectivity index (χ3v) is 6.89. The molecule has 7 heteroatoms. The lowest BCUT2D eigenvalue weighted by molar-refractivity contribution is 0.0956. The average Bonchev–Trinajstić information content (AvgIpc) is 2.75. The summed E-state index contributed by atoms with van der Waals surface area (Å²) in [4.78, 5) is 12.6. The minimum Gasteiger partial charge on any atom is -0.351 e. The van der Waals surface area contributed by atoms with Gasteiger partial charge in [-0.2, -0.15) is 11.8 Å². The molecule has 1 amide bonds. The van der Waals surface area contributed by atoms with Gasteiger partial charge in [0, 0.05) is 29.3 Å². The zero-order valence-electron chi connectivity index (χ0n) is 16.7. The first kappa shape index (κ1) is 21.9. The summed E-state index contributed by atoms with van der Waals surface area (Å²) >= 11 is 1.76. The van der Waals surface area contributed by atoms with Crippen LogP contribution in [0.25, 0.3) is 0 Å². The molecule has 0 aliphatic heterocycles. The zero-order valence-corrected chi connectivity index (χ0v) is 18.3. The fourth-order valence-corrected chi connectivity index (χ4v) is 4.84. The van der Waals surface area contributed by atoms with E-state index in [2.05, 4.69) is 29.1 Å². The maximum atomic E-state index is 12.5. The van der Waals surface area contributed by atoms with Gasteiger partial charge >= 0.3 is 0 Å². The summed E-state index contributed by atoms with van der Waals surface area (Å²) in [5, 5.41) is 2.88. The van der Waals surface area contributed by atoms with Crippen molar-refractivity contribution in [2.24, 2.45) is 0 Å². The van der Waals surface area contributed by atoms with Gasteiger partial charge in [-0.25, -0.2) is 8.42 Å². The quantitative estimate of drug-likeness (QED) is 0.482. The zero-order chi connectivity index (χ0) is 21.4. The minimum atomic E-state index is -3.70. The summed E-state index contributed by atoms with van der Waals surface area (Å²) < 4.78 is 27.4. The number of carbonyl (C=O) groups is 1. The summed E-state index contributed by atoms with van der Waals surface area (Å²) in [7, 11) is -3.70. The highest BCUT2D eigenvalue weighted by molar-refractivity contribution is 7.98. The molecule has 3 aromatic carbocycles. The first-order valence-electron chi connectivity index (χ1n) is 9.54. The van der Waals surface area contributed by atoms with E-state index in [9.17, 15) is 13.2 Å². The molecule has 0 radical (unpaired) electrons. The van der Waals surface area contributed by atoms with E-state index in [0.29, 0.717) is 17.8 Å². The van der Waals surface area contributed by atoms with Gasteiger partial charge in [0.15, 0.2) is 0 Å². The highest BCUT2D eigenvalue weighted by Gasteiger charge is 2.14. The van der Waals surface area contributed by atoms with Crippen LogP contribution in [0.1, 0.15) is 21.5 Å². The molecule has 0 aliphatic rings. The second-order valence-electron chi connectivity index (χ2n) is 6.73. The van der Waals surface area contributed by atoms with Crippen molar-refractivity contribution in [2.45, 2.75) is 17.6 Å². The van der Waals surface area contributed by atoms with E-state index in [1.807, 2.05) is 12.1 Å². The van der Waals surface area contributed by atoms with E-state index in [-0.39, 0.29) is 10.8 Å². The summed E-state index contributed by atoms with van der Waals surface area (Å²) in [6, 6.07) is 22.9. The molecule has 2 N–H and O–H groups in total. The van der Waals surface area contributed by atoms with Crippen LogP contribution >= 0.6 is 11.8 Å². The summed E-state index contributed by atoms with van der Waals surface area (Å²) in [5.74, 6) is 1.46. The normalized spacial score (nSPS) is 11.1. The number of nitrogens with one attached hydrogen (secondary N) is 2. The van der Waals surface area contributed by atoms with Gasteiger partial charge < -0.3 is 5.32 Å². The van der Waals surface area contributed by atoms with Crippen LogP contribution in [-0.4, -0.2) is 26.6 Å². The fraction of sp³-hybridized carbons (Fsp3) is 0.174. The predicted molar refractivity (Wildman–Crippen MR) is 123 cm³/mol. The molecule has 5 nitrogen and oxygen atoms in total. The van der Waals surface area contributed by atoms with Crippen LogP contribution in [0.2, 0.25) is 0 Å². The number of carbonyl (C=O) groups excluding carboxylic acids is 1. The number of anilines is 1. The molecule has 156 valence electrons. The van der Waals surface area contributed by atoms with Crippen LogP contribution in [0.3, 0.4) is 0 Å². The van der Waals surface area contributed by atoms with Crippen LogP contribution in [0.5, 0.6) is 0 Å². The Hall–Kier alpha value is -2.77. The molecule has 0 unspecified atom stereocenters. The van der Waals surface area contributed by atoms with Crippen molar-refractivity contribution in [2.75, 3.05) is 17.0 Å². The smallest absolute Gasteiger partial charge is 0.261 e. The maximum Gasteiger partial charge on any atom is 0.261 e. The lowest BCUT2D eigenvalue weighted by Gasteiger charge is -2.10. The molecule has 0 spiro atoms. The molecule has 0 saturated carbocycles. The first-order valence-corrected chi connectivity index (χ1v) is 12.2. The SMILES string of the molecule is Cc1ccccc1CSCCNC(=O)c1cccc(NS(=O)(=O)c2ccccc2)c1. The van der Waals surface area contributed by atoms with Gasteiger partial charge in [0.2, 0.25) is 0 Å². The molecular weight excluding hydrogens is 416 g/mol. The Bertz CT molecular complexity index is 1100. The predicted octanol–water partition coefficient (Wildman–Crippen LogP) is 4.46. The lowest BCUT2D eigenvalue weighted by Crippen LogP contribution is -2.26. The molecule has 3 rings (SSSR count). The Morgan fingerprint density at radius 1 is 0.933 bits per heavy atom. The summed E-state index contributed by atoms with van der Waals surface area (Å²) in [6.07, 6.45) is 0. The number of hydrogen-bond donors (Lipinski definition) is 2. The molecule has 30 heavy (non-hydrogen) atoms. The number of amides is 1. The van der Waals surface area contributed by atoms with E-state index >= 15 is 0 Å². The van der Waals surface area contributed by atoms with Crippen molar-refractivity contribution in [1.82, 2.24) is 5.32 Å². The summed E-state index contributed by atoms with van der Waals surface area (Å²) in [5.41, 5.74) is 3.32. The van der Waals surface area contributed by atoms with Gasteiger partial charge in [0.1, 0.15) is 0 Å². The number of sulfonamides is 1. The molecule has 0 heterocycles. The van der Waals surface area contributed by atoms with Crippen LogP contribution in [0.4, 0.5) is 5.69 Å². The van der Waals surface area contributed by atoms with E-state index in [4.69, 9.17) is 0 Å². The second-order valence-corrected chi connectivity index (χ2v) is 9.52. The van der Waals surface area contributed by atoms with Crippen molar-refractivity contribution >= 4 is 33.4 Å². The average molecular weight is 441 g/mol. The molecule has 0 fully saturated rings. The first-order chi connectivity index (χ1) is 14.5. The van der Waals surface area contributed by atoms with Crippen molar-refractivity contribution in [1.29, 1.82) is 0 Å². The number of benzene rings is 3. The van der Waals surface area contributed by atoms with E-state index in [1.165, 1.54) is 29.3 Å². The third kappa shape index (κ3) is 6.11. The van der Waals surface area contributed by atoms with Gasteiger partial charge in [-0.1, -0.05) is 48.5 Å². The van der Waals surface area contributed by atoms with Crippen LogP contribution < -0.4 is 10.0 Å². The van der Waals surface area contributed by atoms with E-state index in [0.717, 1.165) is 11.5 Å². The second kappa shape index (κ2) is 10.3. The third-order valence-electron chi connectivity index (χ3n) is 4.48. The molecule has 0 bridgehead atoms. The fourth-order valence-electron chi connectivity index (χ4n) is 2.83. The molecule has 0 aliphatic carbocycles. The van der Waals surface area contributed by atoms with Crippen LogP contribution in [0.15, 0.2) is 83.8 Å². The monoisotopic (exact) mass is 440 g/mol. The van der Waals surface area contributed by atoms with Crippen molar-refractivity contribution in [3.63, 3.8) is 0 Å². The molecule has 3 aromatic rings. The van der Waals surface area contributed by atoms with Gasteiger partial charge in [0.25, 0.3) is 15.9 Å². The summed E-state index contributed by atoms with van der Waals surface area (Å²) in [6.45, 7) is 2.63. The van der Waals surface area contributed by atoms with E-state index in [1.54, 1.807) is 48.2 Å². The molecular formula is C23H24N2O3S2. The number of hydrogen-bond acceptors (Lipinski definition) is 4. The number of thioether (sulfide) groups is 1. The van der Waals surface area contributed by atoms with Crippen LogP contribution in [-0.2, 0) is 15.8 Å². The molecule has 0 atom stereocenters. The number of aryl methyl sites for hydroxylation is 1. The Morgan fingerprint density at radius 2 is 1.67 bits per heavy atom. The Balaban J connectivity index is 1.51. The van der Waals surface area contributed by atoms with Crippen molar-refractivity contribution < 1.29 is 13.2 Å². The van der Waals surface area contributed by atoms with Gasteiger partial charge in [-0.05, 0) is 48.4 Å². The largest absolute Gasteiger partial charge is 0.351 e. The van der Waals surface area contributed by atoms with E-state index < -0.39 is 10.0 Å². The maximum absolute atomic E-state index is 12.5. The topological polar surface area (TPSA) is 75.3 Å². The standard InChI is InChI=1S/C23H24N2O3S2/c1-18-8-5-6-9-20(18)17-29-15-14-24-23(26)19-10-7-11-21(16-19)25-30(27,28)22-12-3-2-4-13-22/h2-13,16,25H,14-15,17H2,1H3,(H,24,26). The van der Waals surface area contributed by atoms with Gasteiger partial charge in [-0.15, -0.1) is 0 Å². The van der Waals surface area contributed by atoms with Crippen molar-refractivity contribution in [3.05, 3.63) is 95.6 Å². The van der Waals surface area contributed by atoms with Crippen molar-refractivity contribution in [3.8, 4) is 0 Å². The Morgan fingerprint density at radius 3 is 2.43 bits per heavy atom. The Labute approximate surface area is 182 Å². The van der Waals surface area contributed by atoms with Crippen LogP contribution in [0, 0.1) is 6.92 Å². The van der Waals surface area contributed by atoms with Gasteiger partial charge in [0.05, 0.1) is 4.90 Å². The highest BCUT2D eigenvalue weighted by atomic mass is 32.2. The van der Waals surface area contributed by atoms with Gasteiger partial charge in [-0.3, -0.25) is 9.52 Å². The highest BCUT2D eigenvalue weighted by Crippen LogP contribution is 2.18. The lowest BCUT2D eigenvalue weighted by atomic mass is 10.1. The molecule has 0 saturated heterocycles. The Kier molecular flexibility index (Phi) is 7.54. The number of rotatable bonds is 9.